The van der Waals surface area contributed by atoms with Crippen LogP contribution < -0.4 is 11.1 Å². The van der Waals surface area contributed by atoms with Crippen LogP contribution in [0.5, 0.6) is 0 Å². The van der Waals surface area contributed by atoms with Crippen molar-refractivity contribution >= 4 is 23.5 Å². The Bertz CT molecular complexity index is 808. The average Bonchev–Trinajstić information content (AvgIpc) is 2.68. The third kappa shape index (κ3) is 2.42. The number of hydrogen-bond acceptors (Lipinski definition) is 3. The number of allylic oxidation sites excluding steroid dienone is 7. The summed E-state index contributed by atoms with van der Waals surface area (Å²) in [6, 6.07) is 7.37. The van der Waals surface area contributed by atoms with Gasteiger partial charge in [-0.1, -0.05) is 42.5 Å². The van der Waals surface area contributed by atoms with Crippen LogP contribution in [0.2, 0.25) is 0 Å². The summed E-state index contributed by atoms with van der Waals surface area (Å²) in [6.07, 6.45) is 11.2. The number of amides is 1. The molecule has 22 heavy (non-hydrogen) atoms. The minimum atomic E-state index is -0.223. The normalized spacial score (nSPS) is 20.3. The van der Waals surface area contributed by atoms with Crippen molar-refractivity contribution in [2.24, 2.45) is 5.73 Å². The van der Waals surface area contributed by atoms with Gasteiger partial charge in [-0.05, 0) is 18.2 Å². The topological polar surface area (TPSA) is 72.2 Å². The van der Waals surface area contributed by atoms with Crippen LogP contribution >= 0.6 is 0 Å². The molecule has 0 spiro atoms. The number of carbonyl (C=O) groups excluding carboxylic acids is 2. The molecular weight excluding hydrogens is 276 g/mol. The number of hydrogen-bond donors (Lipinski definition) is 2. The maximum Gasteiger partial charge on any atom is 0.256 e. The quantitative estimate of drug-likeness (QED) is 0.649. The van der Waals surface area contributed by atoms with Crippen LogP contribution in [0.15, 0.2) is 77.6 Å². The van der Waals surface area contributed by atoms with E-state index in [9.17, 15) is 9.59 Å². The van der Waals surface area contributed by atoms with Gasteiger partial charge < -0.3 is 11.1 Å². The molecule has 1 amide bonds. The number of fused-ring (bicyclic) bond motifs is 1. The van der Waals surface area contributed by atoms with Crippen LogP contribution in [0.1, 0.15) is 5.56 Å². The van der Waals surface area contributed by atoms with Crippen LogP contribution in [0.3, 0.4) is 0 Å². The highest BCUT2D eigenvalue weighted by Crippen LogP contribution is 2.32. The molecule has 2 aliphatic rings. The van der Waals surface area contributed by atoms with E-state index >= 15 is 0 Å². The van der Waals surface area contributed by atoms with Crippen molar-refractivity contribution in [1.29, 1.82) is 0 Å². The van der Waals surface area contributed by atoms with Crippen LogP contribution in [0.4, 0.5) is 5.69 Å². The summed E-state index contributed by atoms with van der Waals surface area (Å²) >= 11 is 0. The Hall–Kier alpha value is -3.14. The fourth-order valence-electron chi connectivity index (χ4n) is 2.44. The van der Waals surface area contributed by atoms with Gasteiger partial charge in [-0.3, -0.25) is 9.59 Å². The molecule has 1 aromatic rings. The van der Waals surface area contributed by atoms with Gasteiger partial charge in [0, 0.05) is 33.7 Å². The number of rotatable bonds is 2. The highest BCUT2D eigenvalue weighted by Gasteiger charge is 2.24. The second kappa shape index (κ2) is 5.69. The third-order valence-electron chi connectivity index (χ3n) is 3.52. The first-order valence-corrected chi connectivity index (χ1v) is 6.83. The lowest BCUT2D eigenvalue weighted by molar-refractivity contribution is -0.110. The van der Waals surface area contributed by atoms with Crippen molar-refractivity contribution in [1.82, 2.24) is 0 Å². The van der Waals surface area contributed by atoms with Crippen LogP contribution in [0.25, 0.3) is 5.57 Å². The molecule has 1 aliphatic heterocycles. The molecule has 1 heterocycles. The van der Waals surface area contributed by atoms with E-state index < -0.39 is 0 Å². The van der Waals surface area contributed by atoms with Crippen molar-refractivity contribution in [3.63, 3.8) is 0 Å². The van der Waals surface area contributed by atoms with E-state index in [4.69, 9.17) is 5.73 Å². The molecule has 1 aromatic carbocycles. The molecular formula is C18H14N2O2. The Morgan fingerprint density at radius 3 is 2.77 bits per heavy atom. The Labute approximate surface area is 128 Å². The van der Waals surface area contributed by atoms with E-state index in [0.717, 1.165) is 11.3 Å². The summed E-state index contributed by atoms with van der Waals surface area (Å²) in [6.45, 7) is 0. The van der Waals surface area contributed by atoms with Gasteiger partial charge in [-0.25, -0.2) is 0 Å². The second-order valence-electron chi connectivity index (χ2n) is 4.91. The van der Waals surface area contributed by atoms with Crippen molar-refractivity contribution in [3.8, 4) is 0 Å². The van der Waals surface area contributed by atoms with Gasteiger partial charge in [0.2, 0.25) is 0 Å². The molecule has 3 N–H and O–H groups in total. The van der Waals surface area contributed by atoms with Crippen LogP contribution in [0, 0.1) is 0 Å². The number of anilines is 1. The number of benzene rings is 1. The predicted molar refractivity (Wildman–Crippen MR) is 86.7 cm³/mol. The van der Waals surface area contributed by atoms with E-state index in [2.05, 4.69) is 5.32 Å². The highest BCUT2D eigenvalue weighted by atomic mass is 16.2. The Morgan fingerprint density at radius 2 is 1.95 bits per heavy atom. The Balaban J connectivity index is 2.14. The summed E-state index contributed by atoms with van der Waals surface area (Å²) in [5, 5.41) is 2.78. The summed E-state index contributed by atoms with van der Waals surface area (Å²) in [5.74, 6) is -0.223. The lowest BCUT2D eigenvalue weighted by atomic mass is 10.00. The van der Waals surface area contributed by atoms with Gasteiger partial charge in [0.15, 0.2) is 6.29 Å². The summed E-state index contributed by atoms with van der Waals surface area (Å²) < 4.78 is 0. The molecule has 0 saturated carbocycles. The molecule has 0 unspecified atom stereocenters. The first-order valence-electron chi connectivity index (χ1n) is 6.83. The maximum atomic E-state index is 12.1. The predicted octanol–water partition coefficient (Wildman–Crippen LogP) is 2.49. The molecule has 108 valence electrons. The monoisotopic (exact) mass is 290 g/mol. The van der Waals surface area contributed by atoms with Gasteiger partial charge in [-0.2, -0.15) is 0 Å². The summed E-state index contributed by atoms with van der Waals surface area (Å²) in [5.41, 5.74) is 9.42. The van der Waals surface area contributed by atoms with Crippen molar-refractivity contribution in [2.45, 2.75) is 0 Å². The van der Waals surface area contributed by atoms with Gasteiger partial charge in [-0.15, -0.1) is 0 Å². The van der Waals surface area contributed by atoms with E-state index in [1.54, 1.807) is 30.4 Å². The lowest BCUT2D eigenvalue weighted by Gasteiger charge is -2.05. The molecule has 0 saturated heterocycles. The number of nitrogens with one attached hydrogen (secondary N) is 1. The summed E-state index contributed by atoms with van der Waals surface area (Å²) in [4.78, 5) is 23.6. The number of nitrogens with two attached hydrogens (primary N) is 1. The number of para-hydroxylation sites is 1. The fraction of sp³-hybridized carbons (Fsp3) is 0. The fourth-order valence-corrected chi connectivity index (χ4v) is 2.44. The van der Waals surface area contributed by atoms with E-state index in [1.165, 1.54) is 0 Å². The van der Waals surface area contributed by atoms with Crippen molar-refractivity contribution in [2.75, 3.05) is 5.32 Å². The van der Waals surface area contributed by atoms with Gasteiger partial charge >= 0.3 is 0 Å². The Morgan fingerprint density at radius 1 is 1.14 bits per heavy atom. The molecule has 3 rings (SSSR count). The first-order chi connectivity index (χ1) is 10.7. The zero-order chi connectivity index (χ0) is 15.5. The summed E-state index contributed by atoms with van der Waals surface area (Å²) in [7, 11) is 0. The molecule has 0 fully saturated rings. The Kier molecular flexibility index (Phi) is 3.58. The van der Waals surface area contributed by atoms with Gasteiger partial charge in [0.05, 0.1) is 0 Å². The molecule has 0 bridgehead atoms. The smallest absolute Gasteiger partial charge is 0.256 e. The van der Waals surface area contributed by atoms with Crippen molar-refractivity contribution < 1.29 is 9.59 Å². The SMILES string of the molecule is NC1=CC=CC=C/C1=C(C=O)\C=C1\C(=O)Nc2ccccc21. The van der Waals surface area contributed by atoms with Gasteiger partial charge in [0.1, 0.15) is 0 Å². The standard InChI is InChI=1S/C18H14N2O2/c19-16-8-3-1-2-6-13(16)12(11-21)10-15-14-7-4-5-9-17(14)20-18(15)22/h1-11H,19H2,(H,20,22)/b13-12-,15-10+. The second-order valence-corrected chi connectivity index (χ2v) is 4.91. The molecule has 4 heteroatoms. The zero-order valence-corrected chi connectivity index (χ0v) is 11.7. The third-order valence-corrected chi connectivity index (χ3v) is 3.52. The first kappa shape index (κ1) is 13.8. The largest absolute Gasteiger partial charge is 0.398 e. The highest BCUT2D eigenvalue weighted by molar-refractivity contribution is 6.32. The molecule has 1 aliphatic carbocycles. The molecule has 4 nitrogen and oxygen atoms in total. The average molecular weight is 290 g/mol. The van der Waals surface area contributed by atoms with Crippen LogP contribution in [-0.2, 0) is 9.59 Å². The minimum Gasteiger partial charge on any atom is -0.398 e. The van der Waals surface area contributed by atoms with Gasteiger partial charge in [0.25, 0.3) is 5.91 Å². The lowest BCUT2D eigenvalue weighted by Crippen LogP contribution is -2.06. The van der Waals surface area contributed by atoms with E-state index in [-0.39, 0.29) is 5.91 Å². The number of aldehydes is 1. The molecule has 0 atom stereocenters. The molecule has 0 radical (unpaired) electrons. The maximum absolute atomic E-state index is 12.1. The van der Waals surface area contributed by atoms with Crippen molar-refractivity contribution in [3.05, 3.63) is 83.1 Å². The number of carbonyl (C=O) groups is 2. The van der Waals surface area contributed by atoms with E-state index in [1.807, 2.05) is 30.3 Å². The van der Waals surface area contributed by atoms with Crippen LogP contribution in [-0.4, -0.2) is 12.2 Å². The minimum absolute atomic E-state index is 0.223. The zero-order valence-electron chi connectivity index (χ0n) is 11.7. The molecule has 0 aromatic heterocycles. The van der Waals surface area contributed by atoms with E-state index in [0.29, 0.717) is 28.7 Å².